The van der Waals surface area contributed by atoms with E-state index in [1.807, 2.05) is 0 Å². The van der Waals surface area contributed by atoms with Crippen molar-refractivity contribution in [3.05, 3.63) is 33.9 Å². The van der Waals surface area contributed by atoms with Crippen LogP contribution in [-0.2, 0) is 4.79 Å². The Morgan fingerprint density at radius 1 is 1.57 bits per heavy atom. The zero-order valence-corrected chi connectivity index (χ0v) is 10.2. The van der Waals surface area contributed by atoms with Crippen molar-refractivity contribution in [3.63, 3.8) is 0 Å². The first-order valence-electron chi connectivity index (χ1n) is 4.81. The van der Waals surface area contributed by atoms with Crippen LogP contribution in [-0.4, -0.2) is 5.78 Å². The molecule has 0 unspecified atom stereocenters. The van der Waals surface area contributed by atoms with Crippen LogP contribution in [0.15, 0.2) is 33.9 Å². The summed E-state index contributed by atoms with van der Waals surface area (Å²) in [7, 11) is 0. The number of hydrogen-bond acceptors (Lipinski definition) is 1. The number of halogens is 1. The fraction of sp³-hybridized carbons (Fsp3) is 0.417. The Hall–Kier alpha value is -0.630. The van der Waals surface area contributed by atoms with Gasteiger partial charge >= 0.3 is 0 Å². The normalized spacial score (nSPS) is 28.6. The van der Waals surface area contributed by atoms with E-state index in [-0.39, 0.29) is 5.78 Å². The van der Waals surface area contributed by atoms with E-state index in [4.69, 9.17) is 0 Å². The highest BCUT2D eigenvalue weighted by molar-refractivity contribution is 9.11. The molecule has 0 N–H and O–H groups in total. The molecule has 0 aromatic carbocycles. The van der Waals surface area contributed by atoms with Gasteiger partial charge in [-0.3, -0.25) is 4.79 Å². The van der Waals surface area contributed by atoms with Crippen LogP contribution in [0.1, 0.15) is 33.1 Å². The lowest BCUT2D eigenvalue weighted by Crippen LogP contribution is -1.95. The van der Waals surface area contributed by atoms with Crippen molar-refractivity contribution in [1.29, 1.82) is 0 Å². The molecule has 1 rings (SSSR count). The van der Waals surface area contributed by atoms with Crippen molar-refractivity contribution < 1.29 is 4.79 Å². The summed E-state index contributed by atoms with van der Waals surface area (Å²) >= 11 is 3.50. The molecule has 1 aliphatic carbocycles. The molecule has 0 bridgehead atoms. The molecule has 0 heterocycles. The van der Waals surface area contributed by atoms with Crippen LogP contribution in [0.25, 0.3) is 0 Å². The third kappa shape index (κ3) is 3.62. The van der Waals surface area contributed by atoms with Gasteiger partial charge in [0.25, 0.3) is 0 Å². The monoisotopic (exact) mass is 254 g/mol. The van der Waals surface area contributed by atoms with Crippen LogP contribution < -0.4 is 0 Å². The Labute approximate surface area is 93.7 Å². The molecule has 76 valence electrons. The molecule has 0 aliphatic heterocycles. The average molecular weight is 255 g/mol. The van der Waals surface area contributed by atoms with Crippen LogP contribution in [0, 0.1) is 0 Å². The topological polar surface area (TPSA) is 17.1 Å². The van der Waals surface area contributed by atoms with E-state index >= 15 is 0 Å². The maximum absolute atomic E-state index is 11.0. The minimum Gasteiger partial charge on any atom is -0.300 e. The molecular formula is C12H15BrO. The predicted molar refractivity (Wildman–Crippen MR) is 63.4 cm³/mol. The summed E-state index contributed by atoms with van der Waals surface area (Å²) in [5.74, 6) is 0.240. The third-order valence-electron chi connectivity index (χ3n) is 2.17. The van der Waals surface area contributed by atoms with Gasteiger partial charge in [0.1, 0.15) is 5.78 Å². The van der Waals surface area contributed by atoms with Crippen LogP contribution in [0.3, 0.4) is 0 Å². The molecule has 0 aromatic rings. The highest BCUT2D eigenvalue weighted by atomic mass is 79.9. The van der Waals surface area contributed by atoms with Crippen molar-refractivity contribution in [3.8, 4) is 0 Å². The van der Waals surface area contributed by atoms with Gasteiger partial charge in [-0.1, -0.05) is 39.7 Å². The molecule has 0 spiro atoms. The van der Waals surface area contributed by atoms with Gasteiger partial charge in [0.15, 0.2) is 0 Å². The van der Waals surface area contributed by atoms with Crippen molar-refractivity contribution in [1.82, 2.24) is 0 Å². The maximum atomic E-state index is 11.0. The molecule has 1 aliphatic rings. The van der Waals surface area contributed by atoms with Gasteiger partial charge in [-0.2, -0.15) is 0 Å². The van der Waals surface area contributed by atoms with Gasteiger partial charge in [-0.05, 0) is 32.3 Å². The molecule has 0 radical (unpaired) electrons. The van der Waals surface area contributed by atoms with Crippen molar-refractivity contribution in [2.24, 2.45) is 0 Å². The largest absolute Gasteiger partial charge is 0.300 e. The molecule has 0 atom stereocenters. The maximum Gasteiger partial charge on any atom is 0.133 e. The van der Waals surface area contributed by atoms with Gasteiger partial charge in [0.05, 0.1) is 0 Å². The third-order valence-corrected chi connectivity index (χ3v) is 3.06. The highest BCUT2D eigenvalue weighted by Crippen LogP contribution is 2.22. The molecule has 0 saturated carbocycles. The van der Waals surface area contributed by atoms with E-state index in [1.165, 1.54) is 11.1 Å². The molecular weight excluding hydrogens is 240 g/mol. The second kappa shape index (κ2) is 5.30. The number of carbonyl (C=O) groups is 1. The molecule has 2 heteroatoms. The van der Waals surface area contributed by atoms with Crippen LogP contribution in [0.2, 0.25) is 0 Å². The first kappa shape index (κ1) is 11.4. The second-order valence-electron chi connectivity index (χ2n) is 3.65. The number of ketones is 1. The number of carbonyl (C=O) groups excluding carboxylic acids is 1. The Kier molecular flexibility index (Phi) is 4.33. The highest BCUT2D eigenvalue weighted by Gasteiger charge is 2.04. The van der Waals surface area contributed by atoms with Gasteiger partial charge in [-0.15, -0.1) is 0 Å². The summed E-state index contributed by atoms with van der Waals surface area (Å²) in [6, 6.07) is 0. The minimum atomic E-state index is 0.240. The van der Waals surface area contributed by atoms with Crippen LogP contribution in [0.5, 0.6) is 0 Å². The van der Waals surface area contributed by atoms with Gasteiger partial charge in [0, 0.05) is 10.9 Å². The Morgan fingerprint density at radius 2 is 2.29 bits per heavy atom. The van der Waals surface area contributed by atoms with Gasteiger partial charge < -0.3 is 0 Å². The van der Waals surface area contributed by atoms with E-state index in [0.29, 0.717) is 6.42 Å². The van der Waals surface area contributed by atoms with Crippen LogP contribution >= 0.6 is 15.9 Å². The van der Waals surface area contributed by atoms with E-state index in [9.17, 15) is 4.79 Å². The Morgan fingerprint density at radius 3 is 2.93 bits per heavy atom. The summed E-state index contributed by atoms with van der Waals surface area (Å²) in [6.45, 7) is 3.70. The lowest BCUT2D eigenvalue weighted by molar-refractivity contribution is -0.116. The molecule has 1 nitrogen and oxygen atoms in total. The molecule has 0 fully saturated rings. The van der Waals surface area contributed by atoms with Crippen molar-refractivity contribution in [2.75, 3.05) is 0 Å². The van der Waals surface area contributed by atoms with E-state index in [2.05, 4.69) is 41.1 Å². The smallest absolute Gasteiger partial charge is 0.133 e. The zero-order chi connectivity index (χ0) is 10.6. The van der Waals surface area contributed by atoms with E-state index in [0.717, 1.165) is 17.3 Å². The van der Waals surface area contributed by atoms with Crippen molar-refractivity contribution in [2.45, 2.75) is 33.1 Å². The van der Waals surface area contributed by atoms with Crippen LogP contribution in [0.4, 0.5) is 0 Å². The van der Waals surface area contributed by atoms with Gasteiger partial charge in [-0.25, -0.2) is 0 Å². The second-order valence-corrected chi connectivity index (χ2v) is 4.51. The van der Waals surface area contributed by atoms with E-state index in [1.54, 1.807) is 6.92 Å². The minimum absolute atomic E-state index is 0.240. The first-order valence-corrected chi connectivity index (χ1v) is 5.60. The Balaban J connectivity index is 2.87. The average Bonchev–Trinajstić information content (AvgIpc) is 2.08. The van der Waals surface area contributed by atoms with Gasteiger partial charge in [0.2, 0.25) is 0 Å². The number of allylic oxidation sites excluding steroid dienone is 6. The van der Waals surface area contributed by atoms with E-state index < -0.39 is 0 Å². The lowest BCUT2D eigenvalue weighted by atomic mass is 10.00. The fourth-order valence-electron chi connectivity index (χ4n) is 1.49. The first-order chi connectivity index (χ1) is 6.59. The summed E-state index contributed by atoms with van der Waals surface area (Å²) in [5, 5.41) is 0. The quantitative estimate of drug-likeness (QED) is 0.731. The molecule has 0 aromatic heterocycles. The number of hydrogen-bond donors (Lipinski definition) is 0. The summed E-state index contributed by atoms with van der Waals surface area (Å²) in [6.07, 6.45) is 8.94. The van der Waals surface area contributed by atoms with Crippen molar-refractivity contribution >= 4 is 21.7 Å². The summed E-state index contributed by atoms with van der Waals surface area (Å²) in [4.78, 5) is 11.0. The Bertz CT molecular complexity index is 321. The standard InChI is InChI=1S/C12H15BrO/c1-9-7-11(8-10(2)14)5-3-4-6-12(9)13/h4,6-7H,3,5,8H2,1-2H3/b6-4-,11-7+,12-9+. The molecule has 14 heavy (non-hydrogen) atoms. The summed E-state index contributed by atoms with van der Waals surface area (Å²) in [5.41, 5.74) is 2.42. The number of Topliss-reactive ketones (excluding diaryl/α,β-unsaturated/α-hetero) is 1. The number of rotatable bonds is 2. The predicted octanol–water partition coefficient (Wildman–Crippen LogP) is 3.91. The fourth-order valence-corrected chi connectivity index (χ4v) is 1.79. The SMILES string of the molecule is CC(=O)C/C1=C/C(C)=C(Br)\C=C/CC1. The molecule has 0 amide bonds. The summed E-state index contributed by atoms with van der Waals surface area (Å²) < 4.78 is 1.11. The zero-order valence-electron chi connectivity index (χ0n) is 8.64. The molecule has 0 saturated heterocycles. The lowest BCUT2D eigenvalue weighted by Gasteiger charge is -2.08.